The van der Waals surface area contributed by atoms with Gasteiger partial charge in [-0.15, -0.1) is 0 Å². The van der Waals surface area contributed by atoms with Crippen LogP contribution in [0.5, 0.6) is 5.75 Å². The van der Waals surface area contributed by atoms with Crippen LogP contribution in [0, 0.1) is 17.8 Å². The topological polar surface area (TPSA) is 91.3 Å². The number of hydrogen-bond donors (Lipinski definition) is 1. The van der Waals surface area contributed by atoms with Crippen LogP contribution < -0.4 is 4.74 Å². The Morgan fingerprint density at radius 2 is 2.03 bits per heavy atom. The highest BCUT2D eigenvalue weighted by atomic mass is 35.5. The minimum Gasteiger partial charge on any atom is -0.493 e. The molecule has 0 spiro atoms. The normalized spacial score (nSPS) is 26.2. The van der Waals surface area contributed by atoms with Crippen molar-refractivity contribution in [3.63, 3.8) is 0 Å². The lowest BCUT2D eigenvalue weighted by atomic mass is 9.87. The van der Waals surface area contributed by atoms with E-state index in [4.69, 9.17) is 35.7 Å². The van der Waals surface area contributed by atoms with Gasteiger partial charge in [-0.3, -0.25) is 9.59 Å². The first kappa shape index (κ1) is 28.5. The first-order valence-electron chi connectivity index (χ1n) is 13.0. The van der Waals surface area contributed by atoms with Crippen molar-refractivity contribution >= 4 is 23.5 Å². The number of rotatable bonds is 13. The molecule has 0 aromatic heterocycles. The van der Waals surface area contributed by atoms with Crippen LogP contribution in [0.15, 0.2) is 30.4 Å². The van der Waals surface area contributed by atoms with Gasteiger partial charge in [-0.25, -0.2) is 0 Å². The smallest absolute Gasteiger partial charge is 0.303 e. The maximum absolute atomic E-state index is 11.2. The van der Waals surface area contributed by atoms with Crippen LogP contribution in [-0.2, 0) is 30.4 Å². The molecular weight excluding hydrogens is 484 g/mol. The van der Waals surface area contributed by atoms with Crippen molar-refractivity contribution in [3.8, 4) is 5.75 Å². The summed E-state index contributed by atoms with van der Waals surface area (Å²) in [7, 11) is 0. The molecule has 0 amide bonds. The number of esters is 1. The first-order valence-corrected chi connectivity index (χ1v) is 13.4. The van der Waals surface area contributed by atoms with E-state index in [1.165, 1.54) is 6.92 Å². The fourth-order valence-electron chi connectivity index (χ4n) is 5.13. The number of carbonyl (C=O) groups excluding carboxylic acids is 1. The zero-order valence-electron chi connectivity index (χ0n) is 21.3. The van der Waals surface area contributed by atoms with E-state index >= 15 is 0 Å². The molecule has 1 aromatic rings. The molecule has 0 bridgehead atoms. The number of ether oxygens (including phenoxy) is 4. The average molecular weight is 523 g/mol. The molecule has 1 heterocycles. The second-order valence-corrected chi connectivity index (χ2v) is 10.3. The molecule has 0 radical (unpaired) electrons. The molecule has 1 aromatic carbocycles. The van der Waals surface area contributed by atoms with Crippen molar-refractivity contribution in [1.82, 2.24) is 0 Å². The molecule has 2 fully saturated rings. The Hall–Kier alpha value is -2.09. The SMILES string of the molecule is CC(=O)OCc1cc(Cl)cc(OCC2[C@@H](C/C=C\CCCC(=O)O)[C@H](C)C[C@H]2OC2CCCCO2)c1. The molecule has 2 aliphatic rings. The van der Waals surface area contributed by atoms with Crippen LogP contribution in [0.25, 0.3) is 0 Å². The summed E-state index contributed by atoms with van der Waals surface area (Å²) in [5.41, 5.74) is 0.775. The van der Waals surface area contributed by atoms with Crippen molar-refractivity contribution in [2.24, 2.45) is 17.8 Å². The van der Waals surface area contributed by atoms with Crippen molar-refractivity contribution in [2.45, 2.75) is 84.2 Å². The number of hydrogen-bond acceptors (Lipinski definition) is 6. The summed E-state index contributed by atoms with van der Waals surface area (Å²) in [4.78, 5) is 21.9. The number of benzene rings is 1. The van der Waals surface area contributed by atoms with Gasteiger partial charge in [-0.1, -0.05) is 30.7 Å². The number of carbonyl (C=O) groups is 2. The Morgan fingerprint density at radius 1 is 1.19 bits per heavy atom. The van der Waals surface area contributed by atoms with Gasteiger partial charge in [0.05, 0.1) is 12.7 Å². The number of unbranched alkanes of at least 4 members (excludes halogenated alkanes) is 1. The Morgan fingerprint density at radius 3 is 2.75 bits per heavy atom. The van der Waals surface area contributed by atoms with Crippen LogP contribution in [-0.4, -0.2) is 42.7 Å². The molecule has 8 heteroatoms. The van der Waals surface area contributed by atoms with Gasteiger partial charge in [0.15, 0.2) is 6.29 Å². The summed E-state index contributed by atoms with van der Waals surface area (Å²) in [5.74, 6) is 0.529. The van der Waals surface area contributed by atoms with Gasteiger partial charge in [-0.2, -0.15) is 0 Å². The van der Waals surface area contributed by atoms with Gasteiger partial charge in [0, 0.05) is 30.9 Å². The van der Waals surface area contributed by atoms with E-state index in [0.29, 0.717) is 35.6 Å². The lowest BCUT2D eigenvalue weighted by Crippen LogP contribution is -2.34. The van der Waals surface area contributed by atoms with Crippen molar-refractivity contribution in [3.05, 3.63) is 40.9 Å². The lowest BCUT2D eigenvalue weighted by molar-refractivity contribution is -0.197. The highest BCUT2D eigenvalue weighted by Gasteiger charge is 2.42. The second-order valence-electron chi connectivity index (χ2n) is 9.89. The molecule has 1 saturated carbocycles. The third kappa shape index (κ3) is 9.41. The zero-order valence-corrected chi connectivity index (χ0v) is 22.1. The van der Waals surface area contributed by atoms with Crippen LogP contribution >= 0.6 is 11.6 Å². The fourth-order valence-corrected chi connectivity index (χ4v) is 5.38. The molecule has 5 atom stereocenters. The molecule has 1 aliphatic carbocycles. The fraction of sp³-hybridized carbons (Fsp3) is 0.643. The molecule has 2 unspecified atom stereocenters. The van der Waals surface area contributed by atoms with E-state index in [9.17, 15) is 9.59 Å². The van der Waals surface area contributed by atoms with E-state index < -0.39 is 5.97 Å². The summed E-state index contributed by atoms with van der Waals surface area (Å²) in [6.07, 6.45) is 10.7. The minimum absolute atomic E-state index is 0.0354. The molecule has 3 rings (SSSR count). The molecule has 1 N–H and O–H groups in total. The largest absolute Gasteiger partial charge is 0.493 e. The predicted octanol–water partition coefficient (Wildman–Crippen LogP) is 6.17. The summed E-state index contributed by atoms with van der Waals surface area (Å²) in [6.45, 7) is 5.00. The van der Waals surface area contributed by atoms with Crippen LogP contribution in [0.3, 0.4) is 0 Å². The van der Waals surface area contributed by atoms with Gasteiger partial charge in [0.25, 0.3) is 0 Å². The summed E-state index contributed by atoms with van der Waals surface area (Å²) in [6, 6.07) is 5.39. The first-order chi connectivity index (χ1) is 17.3. The van der Waals surface area contributed by atoms with E-state index in [1.807, 2.05) is 6.07 Å². The van der Waals surface area contributed by atoms with E-state index in [1.54, 1.807) is 12.1 Å². The summed E-state index contributed by atoms with van der Waals surface area (Å²) in [5, 5.41) is 9.35. The van der Waals surface area contributed by atoms with Crippen LogP contribution in [0.4, 0.5) is 0 Å². The molecule has 36 heavy (non-hydrogen) atoms. The second kappa shape index (κ2) is 14.6. The van der Waals surface area contributed by atoms with Crippen molar-refractivity contribution < 1.29 is 33.6 Å². The number of carboxylic acids is 1. The molecular formula is C28H39ClO7. The van der Waals surface area contributed by atoms with E-state index in [2.05, 4.69) is 19.1 Å². The Balaban J connectivity index is 1.66. The summed E-state index contributed by atoms with van der Waals surface area (Å²) >= 11 is 6.29. The van der Waals surface area contributed by atoms with E-state index in [-0.39, 0.29) is 37.3 Å². The van der Waals surface area contributed by atoms with Gasteiger partial charge in [0.1, 0.15) is 12.4 Å². The van der Waals surface area contributed by atoms with Crippen LogP contribution in [0.2, 0.25) is 5.02 Å². The standard InChI is InChI=1S/C28H39ClO7/c1-19-13-26(36-28-11-7-8-12-33-28)25(24(19)9-5-3-4-6-10-27(31)32)18-35-23-15-21(14-22(29)16-23)17-34-20(2)30/h3,5,14-16,19,24-26,28H,4,6-13,17-18H2,1-2H3,(H,31,32)/b5-3-/t19-,24+,25?,26-,28?/m1/s1. The highest BCUT2D eigenvalue weighted by Crippen LogP contribution is 2.42. The zero-order chi connectivity index (χ0) is 25.9. The number of carboxylic acid groups (broad SMARTS) is 1. The molecule has 1 aliphatic heterocycles. The Kier molecular flexibility index (Phi) is 11.5. The number of aliphatic carboxylic acids is 1. The maximum Gasteiger partial charge on any atom is 0.303 e. The molecule has 200 valence electrons. The Bertz CT molecular complexity index is 881. The van der Waals surface area contributed by atoms with Gasteiger partial charge < -0.3 is 24.1 Å². The van der Waals surface area contributed by atoms with Gasteiger partial charge in [0.2, 0.25) is 0 Å². The molecule has 7 nitrogen and oxygen atoms in total. The summed E-state index contributed by atoms with van der Waals surface area (Å²) < 4.78 is 23.7. The Labute approximate surface area is 219 Å². The van der Waals surface area contributed by atoms with Crippen LogP contribution in [0.1, 0.15) is 70.8 Å². The predicted molar refractivity (Wildman–Crippen MR) is 137 cm³/mol. The van der Waals surface area contributed by atoms with Gasteiger partial charge in [-0.05, 0) is 80.5 Å². The quantitative estimate of drug-likeness (QED) is 0.188. The monoisotopic (exact) mass is 522 g/mol. The highest BCUT2D eigenvalue weighted by molar-refractivity contribution is 6.30. The third-order valence-electron chi connectivity index (χ3n) is 6.98. The van der Waals surface area contributed by atoms with Gasteiger partial charge >= 0.3 is 11.9 Å². The average Bonchev–Trinajstić information content (AvgIpc) is 3.12. The minimum atomic E-state index is -0.757. The molecule has 1 saturated heterocycles. The lowest BCUT2D eigenvalue weighted by Gasteiger charge is -2.30. The third-order valence-corrected chi connectivity index (χ3v) is 7.20. The van der Waals surface area contributed by atoms with Crippen molar-refractivity contribution in [1.29, 1.82) is 0 Å². The number of halogens is 1. The number of allylic oxidation sites excluding steroid dienone is 2. The maximum atomic E-state index is 11.2. The van der Waals surface area contributed by atoms with E-state index in [0.717, 1.165) is 50.7 Å². The van der Waals surface area contributed by atoms with Crippen molar-refractivity contribution in [2.75, 3.05) is 13.2 Å².